The van der Waals surface area contributed by atoms with Gasteiger partial charge in [-0.25, -0.2) is 4.79 Å². The van der Waals surface area contributed by atoms with Crippen molar-refractivity contribution < 1.29 is 22.3 Å². The number of benzene rings is 1. The minimum atomic E-state index is -4.70. The minimum absolute atomic E-state index is 0.0558. The fraction of sp³-hybridized carbons (Fsp3) is 0.222. The third kappa shape index (κ3) is 2.60. The Kier molecular flexibility index (Phi) is 3.45. The summed E-state index contributed by atoms with van der Waals surface area (Å²) in [6, 6.07) is 7.66. The van der Waals surface area contributed by atoms with Gasteiger partial charge in [0.2, 0.25) is 5.88 Å². The van der Waals surface area contributed by atoms with E-state index in [1.54, 1.807) is 12.1 Å². The van der Waals surface area contributed by atoms with E-state index in [0.29, 0.717) is 22.1 Å². The number of halogens is 3. The number of ether oxygens (including phenoxy) is 1. The Labute approximate surface area is 154 Å². The lowest BCUT2D eigenvalue weighted by atomic mass is 10.1. The molecule has 0 bridgehead atoms. The molecule has 142 valence electrons. The summed E-state index contributed by atoms with van der Waals surface area (Å²) in [5, 5.41) is 11.2. The highest BCUT2D eigenvalue weighted by Gasteiger charge is 2.37. The highest BCUT2D eigenvalue weighted by molar-refractivity contribution is 5.83. The summed E-state index contributed by atoms with van der Waals surface area (Å²) in [7, 11) is 0. The molecule has 0 N–H and O–H groups in total. The maximum atomic E-state index is 13.0. The first-order valence-electron chi connectivity index (χ1n) is 8.46. The zero-order valence-electron chi connectivity index (χ0n) is 14.2. The maximum Gasteiger partial charge on any atom is 0.453 e. The van der Waals surface area contributed by atoms with Crippen LogP contribution in [0.15, 0.2) is 39.5 Å². The average Bonchev–Trinajstić information content (AvgIpc) is 3.28. The largest absolute Gasteiger partial charge is 0.453 e. The van der Waals surface area contributed by atoms with Crippen molar-refractivity contribution in [2.45, 2.75) is 25.4 Å². The van der Waals surface area contributed by atoms with Gasteiger partial charge in [-0.1, -0.05) is 0 Å². The molecule has 0 fully saturated rings. The van der Waals surface area contributed by atoms with Crippen LogP contribution in [0.2, 0.25) is 0 Å². The van der Waals surface area contributed by atoms with Crippen LogP contribution in [0.5, 0.6) is 11.6 Å². The Hall–Kier alpha value is -3.43. The van der Waals surface area contributed by atoms with Crippen LogP contribution in [0.4, 0.5) is 13.2 Å². The molecular formula is C18H11F3N4O3. The van der Waals surface area contributed by atoms with Crippen LogP contribution in [-0.2, 0) is 19.0 Å². The van der Waals surface area contributed by atoms with E-state index in [9.17, 15) is 18.0 Å². The molecule has 0 atom stereocenters. The van der Waals surface area contributed by atoms with Gasteiger partial charge in [-0.05, 0) is 43.0 Å². The van der Waals surface area contributed by atoms with E-state index in [1.165, 1.54) is 18.2 Å². The number of rotatable bonds is 2. The third-order valence-electron chi connectivity index (χ3n) is 4.66. The molecule has 0 aliphatic heterocycles. The van der Waals surface area contributed by atoms with Crippen molar-refractivity contribution >= 4 is 16.6 Å². The Morgan fingerprint density at radius 2 is 1.89 bits per heavy atom. The second kappa shape index (κ2) is 5.78. The molecule has 3 heterocycles. The SMILES string of the molecule is O=c1oc2cc(Oc3ccc4nnc(C(F)(F)F)n4n3)ccc2c2c1CCC2. The summed E-state index contributed by atoms with van der Waals surface area (Å²) in [5.41, 5.74) is 1.64. The Morgan fingerprint density at radius 3 is 2.71 bits per heavy atom. The molecule has 0 saturated carbocycles. The minimum Gasteiger partial charge on any atom is -0.437 e. The van der Waals surface area contributed by atoms with Crippen LogP contribution < -0.4 is 10.4 Å². The van der Waals surface area contributed by atoms with Gasteiger partial charge in [0.15, 0.2) is 5.65 Å². The summed E-state index contributed by atoms with van der Waals surface area (Å²) < 4.78 is 50.5. The summed E-state index contributed by atoms with van der Waals surface area (Å²) in [6.07, 6.45) is -2.28. The third-order valence-corrected chi connectivity index (χ3v) is 4.66. The smallest absolute Gasteiger partial charge is 0.437 e. The zero-order valence-corrected chi connectivity index (χ0v) is 14.2. The lowest BCUT2D eigenvalue weighted by molar-refractivity contribution is -0.146. The van der Waals surface area contributed by atoms with E-state index < -0.39 is 12.0 Å². The van der Waals surface area contributed by atoms with Crippen LogP contribution in [-0.4, -0.2) is 19.8 Å². The van der Waals surface area contributed by atoms with Crippen LogP contribution in [0.25, 0.3) is 16.6 Å². The molecule has 0 unspecified atom stereocenters. The van der Waals surface area contributed by atoms with Crippen molar-refractivity contribution in [3.05, 3.63) is 57.7 Å². The first-order chi connectivity index (χ1) is 13.4. The first kappa shape index (κ1) is 16.7. The maximum absolute atomic E-state index is 13.0. The van der Waals surface area contributed by atoms with Gasteiger partial charge in [0, 0.05) is 23.1 Å². The Bertz CT molecular complexity index is 1290. The summed E-state index contributed by atoms with van der Waals surface area (Å²) in [5.74, 6) is -1.05. The van der Waals surface area contributed by atoms with E-state index in [0.717, 1.165) is 23.8 Å². The molecule has 3 aromatic heterocycles. The van der Waals surface area contributed by atoms with Crippen molar-refractivity contribution in [2.75, 3.05) is 0 Å². The predicted molar refractivity (Wildman–Crippen MR) is 90.4 cm³/mol. The standard InChI is InChI=1S/C18H11F3N4O3/c19-18(20,21)17-23-22-14-6-7-15(24-25(14)17)27-9-4-5-11-10-2-1-3-12(10)16(26)28-13(11)8-9/h4-8H,1-3H2. The molecule has 1 aliphatic rings. The highest BCUT2D eigenvalue weighted by atomic mass is 19.4. The van der Waals surface area contributed by atoms with Gasteiger partial charge in [-0.3, -0.25) is 0 Å². The fourth-order valence-electron chi connectivity index (χ4n) is 3.45. The van der Waals surface area contributed by atoms with Crippen molar-refractivity contribution in [3.63, 3.8) is 0 Å². The second-order valence-corrected chi connectivity index (χ2v) is 6.42. The quantitative estimate of drug-likeness (QED) is 0.489. The van der Waals surface area contributed by atoms with Crippen LogP contribution in [0, 0.1) is 0 Å². The topological polar surface area (TPSA) is 82.5 Å². The van der Waals surface area contributed by atoms with Crippen molar-refractivity contribution in [1.29, 1.82) is 0 Å². The normalized spacial score (nSPS) is 14.0. The molecule has 4 aromatic rings. The number of aromatic nitrogens is 4. The number of nitrogens with zero attached hydrogens (tertiary/aromatic N) is 4. The zero-order chi connectivity index (χ0) is 19.5. The summed E-state index contributed by atoms with van der Waals surface area (Å²) >= 11 is 0. The Balaban J connectivity index is 1.55. The fourth-order valence-corrected chi connectivity index (χ4v) is 3.45. The van der Waals surface area contributed by atoms with Gasteiger partial charge >= 0.3 is 11.8 Å². The summed E-state index contributed by atoms with van der Waals surface area (Å²) in [4.78, 5) is 12.1. The van der Waals surface area contributed by atoms with Gasteiger partial charge in [-0.2, -0.15) is 17.7 Å². The van der Waals surface area contributed by atoms with Crippen molar-refractivity contribution in [3.8, 4) is 11.6 Å². The monoisotopic (exact) mass is 388 g/mol. The molecule has 7 nitrogen and oxygen atoms in total. The number of hydrogen-bond donors (Lipinski definition) is 0. The van der Waals surface area contributed by atoms with Gasteiger partial charge in [0.1, 0.15) is 11.3 Å². The van der Waals surface area contributed by atoms with Gasteiger partial charge in [0.25, 0.3) is 5.82 Å². The number of hydrogen-bond acceptors (Lipinski definition) is 6. The van der Waals surface area contributed by atoms with E-state index >= 15 is 0 Å². The van der Waals surface area contributed by atoms with Crippen LogP contribution in [0.1, 0.15) is 23.4 Å². The molecule has 5 rings (SSSR count). The Morgan fingerprint density at radius 1 is 1.07 bits per heavy atom. The number of alkyl halides is 3. The van der Waals surface area contributed by atoms with E-state index in [4.69, 9.17) is 9.15 Å². The van der Waals surface area contributed by atoms with Crippen LogP contribution >= 0.6 is 0 Å². The predicted octanol–water partition coefficient (Wildman–Crippen LogP) is 3.53. The first-order valence-corrected chi connectivity index (χ1v) is 8.46. The van der Waals surface area contributed by atoms with Crippen molar-refractivity contribution in [1.82, 2.24) is 19.8 Å². The number of aryl methyl sites for hydroxylation is 1. The lowest BCUT2D eigenvalue weighted by Gasteiger charge is -2.08. The average molecular weight is 388 g/mol. The van der Waals surface area contributed by atoms with Gasteiger partial charge in [0.05, 0.1) is 0 Å². The van der Waals surface area contributed by atoms with E-state index in [-0.39, 0.29) is 22.9 Å². The van der Waals surface area contributed by atoms with E-state index in [1.807, 2.05) is 0 Å². The van der Waals surface area contributed by atoms with Crippen LogP contribution in [0.3, 0.4) is 0 Å². The molecule has 28 heavy (non-hydrogen) atoms. The van der Waals surface area contributed by atoms with Gasteiger partial charge in [-0.15, -0.1) is 15.3 Å². The van der Waals surface area contributed by atoms with E-state index in [2.05, 4.69) is 15.3 Å². The number of fused-ring (bicyclic) bond motifs is 4. The second-order valence-electron chi connectivity index (χ2n) is 6.42. The molecule has 0 amide bonds. The van der Waals surface area contributed by atoms with Gasteiger partial charge < -0.3 is 9.15 Å². The lowest BCUT2D eigenvalue weighted by Crippen LogP contribution is -2.12. The summed E-state index contributed by atoms with van der Waals surface area (Å²) in [6.45, 7) is 0. The highest BCUT2D eigenvalue weighted by Crippen LogP contribution is 2.31. The molecule has 1 aromatic carbocycles. The molecule has 0 saturated heterocycles. The molecular weight excluding hydrogens is 377 g/mol. The molecule has 10 heteroatoms. The molecule has 0 spiro atoms. The van der Waals surface area contributed by atoms with Crippen molar-refractivity contribution in [2.24, 2.45) is 0 Å². The molecule has 0 radical (unpaired) electrons. The molecule has 1 aliphatic carbocycles.